The number of hydrogen-bond acceptors (Lipinski definition) is 4. The van der Waals surface area contributed by atoms with Gasteiger partial charge in [0.1, 0.15) is 5.69 Å². The van der Waals surface area contributed by atoms with E-state index in [9.17, 15) is 14.2 Å². The Morgan fingerprint density at radius 1 is 1.54 bits per heavy atom. The molecule has 0 aliphatic rings. The third-order valence-corrected chi connectivity index (χ3v) is 4.65. The quantitative estimate of drug-likeness (QED) is 0.579. The Morgan fingerprint density at radius 2 is 2.25 bits per heavy atom. The minimum atomic E-state index is -1.03. The van der Waals surface area contributed by atoms with Crippen molar-refractivity contribution in [2.24, 2.45) is 5.92 Å². The van der Waals surface area contributed by atoms with Crippen LogP contribution in [0.3, 0.4) is 0 Å². The summed E-state index contributed by atoms with van der Waals surface area (Å²) in [5, 5.41) is 15.8. The first-order chi connectivity index (χ1) is 11.3. The van der Waals surface area contributed by atoms with Gasteiger partial charge in [0, 0.05) is 41.3 Å². The number of amides is 1. The van der Waals surface area contributed by atoms with Crippen molar-refractivity contribution in [1.82, 2.24) is 9.78 Å². The maximum absolute atomic E-state index is 12.7. The fraction of sp³-hybridized carbons (Fsp3) is 0.438. The number of nitrogens with zero attached hydrogens (tertiary/aromatic N) is 4. The fourth-order valence-electron chi connectivity index (χ4n) is 2.56. The van der Waals surface area contributed by atoms with E-state index >= 15 is 0 Å². The Labute approximate surface area is 143 Å². The molecule has 2 heterocycles. The third-order valence-electron chi connectivity index (χ3n) is 3.68. The first-order valence-corrected chi connectivity index (χ1v) is 9.43. The molecular weight excluding hydrogens is 328 g/mol. The summed E-state index contributed by atoms with van der Waals surface area (Å²) < 4.78 is 13.7. The van der Waals surface area contributed by atoms with E-state index in [0.29, 0.717) is 34.1 Å². The maximum atomic E-state index is 12.7. The standard InChI is InChI=1S/C16H22N4O3S/c1-5-19(16(21)12(2)11-24(4)23)15-10-20(17-13(15)3)14-7-6-8-18(22)9-14/h6-10,12H,5,11H2,1-4H3. The van der Waals surface area contributed by atoms with Crippen LogP contribution in [0.1, 0.15) is 19.5 Å². The van der Waals surface area contributed by atoms with Crippen molar-refractivity contribution < 1.29 is 13.7 Å². The Kier molecular flexibility index (Phi) is 5.71. The minimum absolute atomic E-state index is 0.0812. The number of hydrogen-bond donors (Lipinski definition) is 0. The number of rotatable bonds is 6. The summed E-state index contributed by atoms with van der Waals surface area (Å²) in [5.74, 6) is -0.0847. The van der Waals surface area contributed by atoms with Gasteiger partial charge in [0.05, 0.1) is 17.6 Å². The SMILES string of the molecule is CCN(C(=O)C(C)CS(C)=O)c1cn(-c2ccc[n+]([O-])c2)nc1C. The minimum Gasteiger partial charge on any atom is -0.619 e. The van der Waals surface area contributed by atoms with E-state index in [2.05, 4.69) is 5.10 Å². The van der Waals surface area contributed by atoms with E-state index < -0.39 is 10.8 Å². The second kappa shape index (κ2) is 7.57. The highest BCUT2D eigenvalue weighted by Gasteiger charge is 2.24. The predicted molar refractivity (Wildman–Crippen MR) is 93.4 cm³/mol. The molecule has 24 heavy (non-hydrogen) atoms. The van der Waals surface area contributed by atoms with Crippen LogP contribution in [0.2, 0.25) is 0 Å². The van der Waals surface area contributed by atoms with Crippen molar-refractivity contribution in [2.75, 3.05) is 23.5 Å². The van der Waals surface area contributed by atoms with Crippen LogP contribution in [0.4, 0.5) is 5.69 Å². The first-order valence-electron chi connectivity index (χ1n) is 7.70. The average Bonchev–Trinajstić information content (AvgIpc) is 2.89. The average molecular weight is 350 g/mol. The van der Waals surface area contributed by atoms with Gasteiger partial charge in [-0.1, -0.05) is 6.92 Å². The molecule has 0 aliphatic carbocycles. The van der Waals surface area contributed by atoms with Crippen LogP contribution in [-0.4, -0.2) is 38.4 Å². The van der Waals surface area contributed by atoms with Crippen LogP contribution >= 0.6 is 0 Å². The highest BCUT2D eigenvalue weighted by Crippen LogP contribution is 2.22. The lowest BCUT2D eigenvalue weighted by Gasteiger charge is -2.23. The van der Waals surface area contributed by atoms with Crippen molar-refractivity contribution in [3.63, 3.8) is 0 Å². The summed E-state index contributed by atoms with van der Waals surface area (Å²) in [5.41, 5.74) is 2.00. The normalized spacial score (nSPS) is 13.5. The van der Waals surface area contributed by atoms with E-state index in [1.54, 1.807) is 41.1 Å². The molecule has 2 aromatic rings. The summed E-state index contributed by atoms with van der Waals surface area (Å²) in [6.07, 6.45) is 6.14. The second-order valence-electron chi connectivity index (χ2n) is 5.69. The van der Waals surface area contributed by atoms with Crippen molar-refractivity contribution >= 4 is 22.4 Å². The number of anilines is 1. The molecule has 2 aromatic heterocycles. The van der Waals surface area contributed by atoms with Crippen LogP contribution in [0.15, 0.2) is 30.7 Å². The molecule has 0 spiro atoms. The maximum Gasteiger partial charge on any atom is 0.230 e. The Bertz CT molecular complexity index is 760. The summed E-state index contributed by atoms with van der Waals surface area (Å²) in [6, 6.07) is 3.41. The molecule has 0 aliphatic heterocycles. The van der Waals surface area contributed by atoms with Crippen molar-refractivity contribution in [1.29, 1.82) is 0 Å². The molecule has 130 valence electrons. The molecule has 7 nitrogen and oxygen atoms in total. The lowest BCUT2D eigenvalue weighted by atomic mass is 10.1. The van der Waals surface area contributed by atoms with Gasteiger partial charge >= 0.3 is 0 Å². The molecule has 1 amide bonds. The topological polar surface area (TPSA) is 82.1 Å². The number of aryl methyl sites for hydroxylation is 1. The highest BCUT2D eigenvalue weighted by atomic mass is 32.2. The van der Waals surface area contributed by atoms with E-state index in [4.69, 9.17) is 0 Å². The molecule has 0 aromatic carbocycles. The zero-order valence-corrected chi connectivity index (χ0v) is 15.1. The fourth-order valence-corrected chi connectivity index (χ4v) is 3.41. The molecule has 0 saturated carbocycles. The zero-order chi connectivity index (χ0) is 17.9. The summed E-state index contributed by atoms with van der Waals surface area (Å²) >= 11 is 0. The van der Waals surface area contributed by atoms with Crippen LogP contribution in [0, 0.1) is 18.0 Å². The molecule has 2 rings (SSSR count). The molecular formula is C16H22N4O3S. The van der Waals surface area contributed by atoms with Crippen LogP contribution in [-0.2, 0) is 15.6 Å². The molecule has 0 bridgehead atoms. The molecule has 8 heteroatoms. The zero-order valence-electron chi connectivity index (χ0n) is 14.3. The van der Waals surface area contributed by atoms with Crippen LogP contribution < -0.4 is 9.63 Å². The Hall–Kier alpha value is -2.22. The third kappa shape index (κ3) is 4.00. The largest absolute Gasteiger partial charge is 0.619 e. The molecule has 2 atom stereocenters. The van der Waals surface area contributed by atoms with Gasteiger partial charge in [-0.3, -0.25) is 9.00 Å². The lowest BCUT2D eigenvalue weighted by molar-refractivity contribution is -0.605. The van der Waals surface area contributed by atoms with Crippen LogP contribution in [0.5, 0.6) is 0 Å². The number of aromatic nitrogens is 3. The summed E-state index contributed by atoms with van der Waals surface area (Å²) in [7, 11) is -1.03. The number of carbonyl (C=O) groups is 1. The molecule has 0 saturated heterocycles. The summed E-state index contributed by atoms with van der Waals surface area (Å²) in [4.78, 5) is 14.3. The van der Waals surface area contributed by atoms with Crippen molar-refractivity contribution in [3.05, 3.63) is 41.6 Å². The van der Waals surface area contributed by atoms with Gasteiger partial charge in [-0.15, -0.1) is 0 Å². The molecule has 2 unspecified atom stereocenters. The first kappa shape index (κ1) is 18.1. The van der Waals surface area contributed by atoms with Crippen molar-refractivity contribution in [3.8, 4) is 5.69 Å². The Morgan fingerprint density at radius 3 is 2.83 bits per heavy atom. The van der Waals surface area contributed by atoms with E-state index in [0.717, 1.165) is 0 Å². The second-order valence-corrected chi connectivity index (χ2v) is 7.17. The predicted octanol–water partition coefficient (Wildman–Crippen LogP) is 1.18. The van der Waals surface area contributed by atoms with Crippen molar-refractivity contribution in [2.45, 2.75) is 20.8 Å². The number of carbonyl (C=O) groups excluding carboxylic acids is 1. The van der Waals surface area contributed by atoms with Gasteiger partial charge in [-0.05, 0) is 19.9 Å². The van der Waals surface area contributed by atoms with Gasteiger partial charge < -0.3 is 10.1 Å². The molecule has 0 fully saturated rings. The highest BCUT2D eigenvalue weighted by molar-refractivity contribution is 7.84. The lowest BCUT2D eigenvalue weighted by Crippen LogP contribution is -2.37. The van der Waals surface area contributed by atoms with Gasteiger partial charge in [0.2, 0.25) is 12.1 Å². The van der Waals surface area contributed by atoms with Gasteiger partial charge in [-0.25, -0.2) is 4.68 Å². The van der Waals surface area contributed by atoms with Gasteiger partial charge in [-0.2, -0.15) is 9.83 Å². The monoisotopic (exact) mass is 350 g/mol. The van der Waals surface area contributed by atoms with Gasteiger partial charge in [0.25, 0.3) is 0 Å². The Balaban J connectivity index is 2.33. The van der Waals surface area contributed by atoms with Crippen LogP contribution in [0.25, 0.3) is 5.69 Å². The summed E-state index contributed by atoms with van der Waals surface area (Å²) in [6.45, 7) is 5.98. The smallest absolute Gasteiger partial charge is 0.230 e. The number of pyridine rings is 1. The van der Waals surface area contributed by atoms with Gasteiger partial charge in [0.15, 0.2) is 6.20 Å². The molecule has 0 N–H and O–H groups in total. The van der Waals surface area contributed by atoms with E-state index in [1.165, 1.54) is 12.4 Å². The van der Waals surface area contributed by atoms with E-state index in [-0.39, 0.29) is 11.8 Å². The molecule has 0 radical (unpaired) electrons. The van der Waals surface area contributed by atoms with E-state index in [1.807, 2.05) is 13.8 Å².